The van der Waals surface area contributed by atoms with E-state index in [1.165, 1.54) is 0 Å². The van der Waals surface area contributed by atoms with Crippen LogP contribution in [0.2, 0.25) is 0 Å². The fraction of sp³-hybridized carbons (Fsp3) is 0.333. The van der Waals surface area contributed by atoms with Crippen LogP contribution in [0.5, 0.6) is 11.5 Å². The van der Waals surface area contributed by atoms with Crippen molar-refractivity contribution >= 4 is 11.9 Å². The van der Waals surface area contributed by atoms with Gasteiger partial charge in [0.05, 0.1) is 0 Å². The number of carbonyl (C=O) groups excluding carboxylic acids is 2. The zero-order valence-electron chi connectivity index (χ0n) is 9.78. The first-order valence-corrected chi connectivity index (χ1v) is 5.69. The number of fused-ring (bicyclic) bond motifs is 1. The molecule has 0 spiro atoms. The van der Waals surface area contributed by atoms with Gasteiger partial charge in [0.25, 0.3) is 5.91 Å². The van der Waals surface area contributed by atoms with Crippen LogP contribution < -0.4 is 20.1 Å². The normalized spacial score (nSPS) is 24.9. The van der Waals surface area contributed by atoms with Crippen LogP contribution in [0.1, 0.15) is 18.9 Å². The van der Waals surface area contributed by atoms with E-state index in [0.717, 1.165) is 0 Å². The Morgan fingerprint density at radius 3 is 2.72 bits per heavy atom. The van der Waals surface area contributed by atoms with E-state index in [1.807, 2.05) is 6.92 Å². The van der Waals surface area contributed by atoms with Gasteiger partial charge in [-0.3, -0.25) is 10.1 Å². The topological polar surface area (TPSA) is 76.7 Å². The van der Waals surface area contributed by atoms with Crippen molar-refractivity contribution < 1.29 is 19.1 Å². The molecule has 18 heavy (non-hydrogen) atoms. The lowest BCUT2D eigenvalue weighted by molar-refractivity contribution is -0.124. The third-order valence-corrected chi connectivity index (χ3v) is 3.34. The van der Waals surface area contributed by atoms with Crippen LogP contribution in [0.4, 0.5) is 4.79 Å². The predicted octanol–water partition coefficient (Wildman–Crippen LogP) is 0.860. The molecule has 3 amide bonds. The highest BCUT2D eigenvalue weighted by atomic mass is 16.7. The molecule has 94 valence electrons. The van der Waals surface area contributed by atoms with Gasteiger partial charge in [0.1, 0.15) is 5.54 Å². The number of ether oxygens (including phenoxy) is 2. The number of imide groups is 1. The maximum atomic E-state index is 12.0. The zero-order valence-corrected chi connectivity index (χ0v) is 9.78. The maximum Gasteiger partial charge on any atom is 0.322 e. The van der Waals surface area contributed by atoms with E-state index in [1.54, 1.807) is 18.2 Å². The average Bonchev–Trinajstić information content (AvgIpc) is 2.92. The van der Waals surface area contributed by atoms with Gasteiger partial charge >= 0.3 is 6.03 Å². The maximum absolute atomic E-state index is 12.0. The smallest absolute Gasteiger partial charge is 0.322 e. The summed E-state index contributed by atoms with van der Waals surface area (Å²) in [5.41, 5.74) is -0.324. The van der Waals surface area contributed by atoms with Crippen LogP contribution in [0.25, 0.3) is 0 Å². The third kappa shape index (κ3) is 1.35. The summed E-state index contributed by atoms with van der Waals surface area (Å²) in [4.78, 5) is 23.3. The van der Waals surface area contributed by atoms with Gasteiger partial charge in [0.15, 0.2) is 11.5 Å². The van der Waals surface area contributed by atoms with Crippen molar-refractivity contribution in [2.24, 2.45) is 0 Å². The van der Waals surface area contributed by atoms with E-state index in [9.17, 15) is 9.59 Å². The molecule has 0 radical (unpaired) electrons. The second-order valence-corrected chi connectivity index (χ2v) is 4.24. The quantitative estimate of drug-likeness (QED) is 0.761. The molecule has 1 saturated heterocycles. The standard InChI is InChI=1S/C12H12N2O4/c1-2-12(10(15)13-11(16)14-12)7-3-4-8-9(5-7)18-6-17-8/h3-5H,2,6H2,1H3,(H2,13,14,15,16). The van der Waals surface area contributed by atoms with Gasteiger partial charge in [-0.1, -0.05) is 13.0 Å². The van der Waals surface area contributed by atoms with Crippen LogP contribution in [0.3, 0.4) is 0 Å². The molecule has 1 aromatic rings. The third-order valence-electron chi connectivity index (χ3n) is 3.34. The Hall–Kier alpha value is -2.24. The molecule has 0 aliphatic carbocycles. The minimum atomic E-state index is -1.02. The molecule has 1 fully saturated rings. The lowest BCUT2D eigenvalue weighted by atomic mass is 9.87. The highest BCUT2D eigenvalue weighted by Gasteiger charge is 2.46. The Kier molecular flexibility index (Phi) is 2.19. The Labute approximate surface area is 103 Å². The fourth-order valence-corrected chi connectivity index (χ4v) is 2.31. The summed E-state index contributed by atoms with van der Waals surface area (Å²) in [6.07, 6.45) is 0.463. The summed E-state index contributed by atoms with van der Waals surface area (Å²) in [6.45, 7) is 2.02. The van der Waals surface area contributed by atoms with Crippen molar-refractivity contribution in [1.82, 2.24) is 10.6 Å². The molecule has 1 unspecified atom stereocenters. The Morgan fingerprint density at radius 2 is 2.06 bits per heavy atom. The SMILES string of the molecule is CCC1(c2ccc3c(c2)OCO3)NC(=O)NC1=O. The van der Waals surface area contributed by atoms with E-state index >= 15 is 0 Å². The van der Waals surface area contributed by atoms with Crippen LogP contribution >= 0.6 is 0 Å². The van der Waals surface area contributed by atoms with E-state index in [0.29, 0.717) is 23.5 Å². The lowest BCUT2D eigenvalue weighted by Gasteiger charge is -2.24. The van der Waals surface area contributed by atoms with Crippen molar-refractivity contribution in [3.63, 3.8) is 0 Å². The minimum Gasteiger partial charge on any atom is -0.454 e. The molecule has 1 atom stereocenters. The molecule has 1 aromatic carbocycles. The summed E-state index contributed by atoms with van der Waals surface area (Å²) < 4.78 is 10.5. The van der Waals surface area contributed by atoms with Gasteiger partial charge in [0.2, 0.25) is 6.79 Å². The molecular formula is C12H12N2O4. The van der Waals surface area contributed by atoms with Crippen LogP contribution in [0, 0.1) is 0 Å². The summed E-state index contributed by atoms with van der Waals surface area (Å²) in [6, 6.07) is 4.77. The molecule has 2 heterocycles. The molecule has 3 rings (SSSR count). The van der Waals surface area contributed by atoms with Gasteiger partial charge in [-0.25, -0.2) is 4.79 Å². The van der Waals surface area contributed by atoms with Crippen molar-refractivity contribution in [3.05, 3.63) is 23.8 Å². The van der Waals surface area contributed by atoms with Crippen LogP contribution in [0.15, 0.2) is 18.2 Å². The van der Waals surface area contributed by atoms with Crippen LogP contribution in [-0.4, -0.2) is 18.7 Å². The monoisotopic (exact) mass is 248 g/mol. The molecule has 0 bridgehead atoms. The highest BCUT2D eigenvalue weighted by molar-refractivity contribution is 6.07. The summed E-state index contributed by atoms with van der Waals surface area (Å²) >= 11 is 0. The highest BCUT2D eigenvalue weighted by Crippen LogP contribution is 2.37. The van der Waals surface area contributed by atoms with Gasteiger partial charge in [-0.15, -0.1) is 0 Å². The summed E-state index contributed by atoms with van der Waals surface area (Å²) in [7, 11) is 0. The molecule has 2 aliphatic heterocycles. The van der Waals surface area contributed by atoms with Crippen LogP contribution in [-0.2, 0) is 10.3 Å². The van der Waals surface area contributed by atoms with E-state index in [4.69, 9.17) is 9.47 Å². The number of benzene rings is 1. The molecule has 0 saturated carbocycles. The van der Waals surface area contributed by atoms with E-state index < -0.39 is 11.6 Å². The molecule has 0 aromatic heterocycles. The Balaban J connectivity index is 2.07. The van der Waals surface area contributed by atoms with Gasteiger partial charge in [0, 0.05) is 0 Å². The average molecular weight is 248 g/mol. The predicted molar refractivity (Wildman–Crippen MR) is 61.2 cm³/mol. The number of hydrogen-bond acceptors (Lipinski definition) is 4. The molecule has 6 nitrogen and oxygen atoms in total. The second kappa shape index (κ2) is 3.63. The number of rotatable bonds is 2. The lowest BCUT2D eigenvalue weighted by Crippen LogP contribution is -2.43. The van der Waals surface area contributed by atoms with Crippen molar-refractivity contribution in [2.75, 3.05) is 6.79 Å². The Bertz CT molecular complexity index is 543. The van der Waals surface area contributed by atoms with Crippen molar-refractivity contribution in [3.8, 4) is 11.5 Å². The summed E-state index contributed by atoms with van der Waals surface area (Å²) in [5, 5.41) is 4.94. The summed E-state index contributed by atoms with van der Waals surface area (Å²) in [5.74, 6) is 0.901. The first-order valence-electron chi connectivity index (χ1n) is 5.69. The number of carbonyl (C=O) groups is 2. The molecule has 2 aliphatic rings. The van der Waals surface area contributed by atoms with E-state index in [2.05, 4.69) is 10.6 Å². The number of amides is 3. The number of hydrogen-bond donors (Lipinski definition) is 2. The minimum absolute atomic E-state index is 0.177. The number of nitrogens with one attached hydrogen (secondary N) is 2. The largest absolute Gasteiger partial charge is 0.454 e. The second-order valence-electron chi connectivity index (χ2n) is 4.24. The zero-order chi connectivity index (χ0) is 12.8. The first-order chi connectivity index (χ1) is 8.65. The first kappa shape index (κ1) is 10.9. The van der Waals surface area contributed by atoms with E-state index in [-0.39, 0.29) is 12.7 Å². The van der Waals surface area contributed by atoms with Gasteiger partial charge in [-0.2, -0.15) is 0 Å². The molecule has 6 heteroatoms. The molecular weight excluding hydrogens is 236 g/mol. The van der Waals surface area contributed by atoms with Crippen molar-refractivity contribution in [2.45, 2.75) is 18.9 Å². The fourth-order valence-electron chi connectivity index (χ4n) is 2.31. The van der Waals surface area contributed by atoms with Gasteiger partial charge in [-0.05, 0) is 24.1 Å². The van der Waals surface area contributed by atoms with Gasteiger partial charge < -0.3 is 14.8 Å². The molecule has 2 N–H and O–H groups in total. The Morgan fingerprint density at radius 1 is 1.28 bits per heavy atom. The number of urea groups is 1. The van der Waals surface area contributed by atoms with Crippen molar-refractivity contribution in [1.29, 1.82) is 0 Å².